The number of nitrogens with zero attached hydrogens (tertiary/aromatic N) is 3. The van der Waals surface area contributed by atoms with Gasteiger partial charge in [-0.1, -0.05) is 40.9 Å². The van der Waals surface area contributed by atoms with Gasteiger partial charge in [-0.25, -0.2) is 9.89 Å². The average Bonchev–Trinajstić information content (AvgIpc) is 2.81. The molecule has 2 aliphatic heterocycles. The number of anilines is 1. The molecule has 0 radical (unpaired) electrons. The maximum Gasteiger partial charge on any atom is 0.488 e. The van der Waals surface area contributed by atoms with E-state index in [0.29, 0.717) is 33.7 Å². The molecule has 4 rings (SSSR count). The van der Waals surface area contributed by atoms with E-state index in [1.807, 2.05) is 20.8 Å². The Kier molecular flexibility index (Phi) is 7.87. The summed E-state index contributed by atoms with van der Waals surface area (Å²) in [5.74, 6) is -0.531. The molecule has 0 aromatic heterocycles. The molecule has 1 saturated heterocycles. The highest BCUT2D eigenvalue weighted by molar-refractivity contribution is 6.59. The van der Waals surface area contributed by atoms with Crippen LogP contribution >= 0.6 is 34.8 Å². The summed E-state index contributed by atoms with van der Waals surface area (Å²) >= 11 is 18.6. The van der Waals surface area contributed by atoms with E-state index in [0.717, 1.165) is 0 Å². The quantitative estimate of drug-likeness (QED) is 0.507. The molecule has 2 unspecified atom stereocenters. The van der Waals surface area contributed by atoms with Crippen molar-refractivity contribution >= 4 is 70.8 Å². The molecule has 0 spiro atoms. The van der Waals surface area contributed by atoms with Gasteiger partial charge in [0.25, 0.3) is 5.91 Å². The Bertz CT molecular complexity index is 1230. The zero-order chi connectivity index (χ0) is 26.3. The molecule has 1 fully saturated rings. The van der Waals surface area contributed by atoms with Gasteiger partial charge in [0.1, 0.15) is 0 Å². The standard InChI is InChI=1S/C24H26BCl3N4O4/c1-12(2)29-24-30-20-11-31(22(33)14-4-6-17(26)18(27)9-14)13(3)8-16(20)23(34)32(24)21-7-5-15(25(35)36)10-19(21)28/h4-7,9-10,12-13,16,20,35-36H,8,11H2,1-3H3,(H,29,30)/t13-,16?,20?/m1/s1. The number of hydrogen-bond acceptors (Lipinski definition) is 6. The summed E-state index contributed by atoms with van der Waals surface area (Å²) in [6.07, 6.45) is 0.413. The largest absolute Gasteiger partial charge is 0.488 e. The van der Waals surface area contributed by atoms with Crippen LogP contribution in [-0.4, -0.2) is 64.5 Å². The number of carbonyl (C=O) groups excluding carboxylic acids is 2. The number of nitrogens with one attached hydrogen (secondary N) is 1. The Balaban J connectivity index is 1.68. The lowest BCUT2D eigenvalue weighted by Crippen LogP contribution is -2.61. The van der Waals surface area contributed by atoms with E-state index >= 15 is 0 Å². The first-order chi connectivity index (χ1) is 17.0. The van der Waals surface area contributed by atoms with E-state index < -0.39 is 19.1 Å². The highest BCUT2D eigenvalue weighted by atomic mass is 35.5. The van der Waals surface area contributed by atoms with Crippen LogP contribution in [0.15, 0.2) is 41.4 Å². The van der Waals surface area contributed by atoms with Crippen LogP contribution in [0.4, 0.5) is 5.69 Å². The SMILES string of the molecule is CC(C)NC1=NC2CN(C(=O)c3ccc(Cl)c(Cl)c3)[C@H](C)CC2C(=O)N1c1ccc(B(O)O)cc1Cl. The molecule has 2 amide bonds. The molecule has 2 aromatic carbocycles. The fraction of sp³-hybridized carbons (Fsp3) is 0.375. The minimum atomic E-state index is -1.68. The second-order valence-corrected chi connectivity index (χ2v) is 10.6. The van der Waals surface area contributed by atoms with Crippen molar-refractivity contribution in [1.29, 1.82) is 0 Å². The molecular formula is C24H26BCl3N4O4. The molecular weight excluding hydrogens is 525 g/mol. The van der Waals surface area contributed by atoms with Crippen molar-refractivity contribution in [2.75, 3.05) is 11.4 Å². The number of hydrogen-bond donors (Lipinski definition) is 3. The molecule has 2 aliphatic rings. The minimum absolute atomic E-state index is 0.0376. The van der Waals surface area contributed by atoms with Crippen molar-refractivity contribution in [2.24, 2.45) is 10.9 Å². The van der Waals surface area contributed by atoms with Crippen molar-refractivity contribution < 1.29 is 19.6 Å². The van der Waals surface area contributed by atoms with Crippen molar-refractivity contribution in [3.8, 4) is 0 Å². The second kappa shape index (κ2) is 10.6. The summed E-state index contributed by atoms with van der Waals surface area (Å²) in [6, 6.07) is 8.53. The monoisotopic (exact) mass is 550 g/mol. The van der Waals surface area contributed by atoms with Crippen LogP contribution in [0.2, 0.25) is 15.1 Å². The van der Waals surface area contributed by atoms with Crippen LogP contribution in [0.1, 0.15) is 37.6 Å². The zero-order valence-electron chi connectivity index (χ0n) is 20.0. The topological polar surface area (TPSA) is 105 Å². The lowest BCUT2D eigenvalue weighted by molar-refractivity contribution is -0.124. The van der Waals surface area contributed by atoms with E-state index in [1.54, 1.807) is 29.2 Å². The zero-order valence-corrected chi connectivity index (χ0v) is 22.2. The molecule has 8 nitrogen and oxygen atoms in total. The predicted molar refractivity (Wildman–Crippen MR) is 143 cm³/mol. The number of amides is 2. The van der Waals surface area contributed by atoms with Crippen LogP contribution in [0.5, 0.6) is 0 Å². The number of likely N-dealkylation sites (tertiary alicyclic amines) is 1. The average molecular weight is 552 g/mol. The number of carbonyl (C=O) groups is 2. The smallest absolute Gasteiger partial charge is 0.423 e. The van der Waals surface area contributed by atoms with E-state index in [4.69, 9.17) is 39.8 Å². The van der Waals surface area contributed by atoms with E-state index in [9.17, 15) is 19.6 Å². The number of halogens is 3. The highest BCUT2D eigenvalue weighted by Crippen LogP contribution is 2.35. The normalized spacial score (nSPS) is 21.9. The van der Waals surface area contributed by atoms with Gasteiger partial charge in [-0.05, 0) is 63.0 Å². The summed E-state index contributed by atoms with van der Waals surface area (Å²) in [7, 11) is -1.68. The molecule has 0 saturated carbocycles. The number of piperidine rings is 1. The molecule has 3 atom stereocenters. The van der Waals surface area contributed by atoms with Crippen molar-refractivity contribution in [1.82, 2.24) is 10.2 Å². The third-order valence-corrected chi connectivity index (χ3v) is 7.41. The van der Waals surface area contributed by atoms with Crippen molar-refractivity contribution in [3.05, 3.63) is 57.0 Å². The third kappa shape index (κ3) is 5.22. The fourth-order valence-corrected chi connectivity index (χ4v) is 5.15. The Morgan fingerprint density at radius 2 is 1.83 bits per heavy atom. The lowest BCUT2D eigenvalue weighted by atomic mass is 9.80. The van der Waals surface area contributed by atoms with Gasteiger partial charge in [0.05, 0.1) is 32.7 Å². The summed E-state index contributed by atoms with van der Waals surface area (Å²) < 4.78 is 0. The van der Waals surface area contributed by atoms with Gasteiger partial charge in [-0.3, -0.25) is 9.59 Å². The summed E-state index contributed by atoms with van der Waals surface area (Å²) in [5.41, 5.74) is 1.02. The Hall–Kier alpha value is -2.30. The highest BCUT2D eigenvalue weighted by Gasteiger charge is 2.46. The molecule has 36 heavy (non-hydrogen) atoms. The number of fused-ring (bicyclic) bond motifs is 1. The van der Waals surface area contributed by atoms with Gasteiger partial charge < -0.3 is 20.3 Å². The summed E-state index contributed by atoms with van der Waals surface area (Å²) in [5, 5.41) is 23.0. The van der Waals surface area contributed by atoms with Crippen LogP contribution in [0.25, 0.3) is 0 Å². The molecule has 0 aliphatic carbocycles. The van der Waals surface area contributed by atoms with Gasteiger partial charge in [0, 0.05) is 24.2 Å². The first-order valence-corrected chi connectivity index (χ1v) is 12.7. The van der Waals surface area contributed by atoms with Gasteiger partial charge in [-0.15, -0.1) is 0 Å². The van der Waals surface area contributed by atoms with Crippen LogP contribution < -0.4 is 15.7 Å². The molecule has 190 valence electrons. The first-order valence-electron chi connectivity index (χ1n) is 11.6. The third-order valence-electron chi connectivity index (χ3n) is 6.37. The molecule has 0 bridgehead atoms. The maximum absolute atomic E-state index is 13.8. The van der Waals surface area contributed by atoms with Crippen LogP contribution in [0.3, 0.4) is 0 Å². The molecule has 2 heterocycles. The predicted octanol–water partition coefficient (Wildman–Crippen LogP) is 2.95. The van der Waals surface area contributed by atoms with Crippen molar-refractivity contribution in [3.63, 3.8) is 0 Å². The second-order valence-electron chi connectivity index (χ2n) is 9.35. The van der Waals surface area contributed by atoms with Crippen molar-refractivity contribution in [2.45, 2.75) is 45.3 Å². The summed E-state index contributed by atoms with van der Waals surface area (Å²) in [4.78, 5) is 35.1. The summed E-state index contributed by atoms with van der Waals surface area (Å²) in [6.45, 7) is 6.01. The van der Waals surface area contributed by atoms with E-state index in [1.165, 1.54) is 17.0 Å². The molecule has 2 aromatic rings. The Labute approximate surface area is 225 Å². The molecule has 12 heteroatoms. The number of benzene rings is 2. The fourth-order valence-electron chi connectivity index (χ4n) is 4.58. The van der Waals surface area contributed by atoms with E-state index in [-0.39, 0.29) is 40.9 Å². The van der Waals surface area contributed by atoms with Gasteiger partial charge in [0.15, 0.2) is 0 Å². The number of aliphatic imine (C=N–C) groups is 1. The minimum Gasteiger partial charge on any atom is -0.423 e. The first kappa shape index (κ1) is 26.8. The maximum atomic E-state index is 13.8. The van der Waals surface area contributed by atoms with Gasteiger partial charge in [-0.2, -0.15) is 0 Å². The van der Waals surface area contributed by atoms with Gasteiger partial charge >= 0.3 is 7.12 Å². The lowest BCUT2D eigenvalue weighted by Gasteiger charge is -2.45. The van der Waals surface area contributed by atoms with Gasteiger partial charge in [0.2, 0.25) is 11.9 Å². The van der Waals surface area contributed by atoms with Crippen LogP contribution in [0, 0.1) is 5.92 Å². The number of rotatable bonds is 4. The Morgan fingerprint density at radius 1 is 1.11 bits per heavy atom. The Morgan fingerprint density at radius 3 is 2.44 bits per heavy atom. The molecule has 3 N–H and O–H groups in total. The van der Waals surface area contributed by atoms with Crippen LogP contribution in [-0.2, 0) is 4.79 Å². The number of guanidine groups is 1. The van der Waals surface area contributed by atoms with E-state index in [2.05, 4.69) is 5.32 Å².